The maximum atomic E-state index is 10.7. The van der Waals surface area contributed by atoms with Crippen LogP contribution in [-0.2, 0) is 11.2 Å². The van der Waals surface area contributed by atoms with Gasteiger partial charge in [0.25, 0.3) is 0 Å². The Hall–Kier alpha value is -1.22. The number of rotatable bonds is 5. The smallest absolute Gasteiger partial charge is 0.306 e. The normalized spacial score (nSPS) is 22.2. The minimum atomic E-state index is -0.664. The number of methoxy groups -OCH3 is 1. The van der Waals surface area contributed by atoms with Gasteiger partial charge in [-0.25, -0.2) is 0 Å². The first kappa shape index (κ1) is 12.2. The molecule has 1 aliphatic carbocycles. The summed E-state index contributed by atoms with van der Waals surface area (Å²) in [6.45, 7) is 0. The maximum absolute atomic E-state index is 10.7. The molecular weight excluding hydrogens is 240 g/mol. The fraction of sp³-hybridized carbons (Fsp3) is 0.462. The zero-order chi connectivity index (χ0) is 12.4. The predicted molar refractivity (Wildman–Crippen MR) is 65.6 cm³/mol. The summed E-state index contributed by atoms with van der Waals surface area (Å²) in [5.41, 5.74) is 1.13. The minimum absolute atomic E-state index is 0.122. The quantitative estimate of drug-likeness (QED) is 0.879. The van der Waals surface area contributed by atoms with Crippen LogP contribution in [0.25, 0.3) is 0 Å². The summed E-state index contributed by atoms with van der Waals surface area (Å²) in [7, 11) is 1.59. The number of hydrogen-bond donors (Lipinski definition) is 1. The van der Waals surface area contributed by atoms with E-state index in [1.807, 2.05) is 18.2 Å². The lowest BCUT2D eigenvalue weighted by Gasteiger charge is -2.05. The van der Waals surface area contributed by atoms with Crippen molar-refractivity contribution in [2.24, 2.45) is 11.8 Å². The predicted octanol–water partition coefficient (Wildman–Crippen LogP) is 3.00. The van der Waals surface area contributed by atoms with E-state index in [9.17, 15) is 4.79 Å². The molecule has 4 heteroatoms. The molecule has 2 unspecified atom stereocenters. The van der Waals surface area contributed by atoms with E-state index in [0.717, 1.165) is 24.8 Å². The van der Waals surface area contributed by atoms with E-state index >= 15 is 0 Å². The Morgan fingerprint density at radius 3 is 2.88 bits per heavy atom. The first-order valence-electron chi connectivity index (χ1n) is 5.67. The van der Waals surface area contributed by atoms with Crippen LogP contribution in [0.1, 0.15) is 18.4 Å². The van der Waals surface area contributed by atoms with Gasteiger partial charge in [-0.1, -0.05) is 17.7 Å². The van der Waals surface area contributed by atoms with Gasteiger partial charge in [-0.2, -0.15) is 0 Å². The summed E-state index contributed by atoms with van der Waals surface area (Å²) in [5, 5.41) is 9.40. The number of benzene rings is 1. The molecule has 92 valence electrons. The number of hydrogen-bond acceptors (Lipinski definition) is 2. The number of ether oxygens (including phenoxy) is 1. The van der Waals surface area contributed by atoms with Crippen molar-refractivity contribution >= 4 is 17.6 Å². The van der Waals surface area contributed by atoms with Crippen LogP contribution in [0.3, 0.4) is 0 Å². The highest BCUT2D eigenvalue weighted by atomic mass is 35.5. The van der Waals surface area contributed by atoms with Crippen molar-refractivity contribution in [1.82, 2.24) is 0 Å². The van der Waals surface area contributed by atoms with Crippen LogP contribution in [0.15, 0.2) is 18.2 Å². The zero-order valence-electron chi connectivity index (χ0n) is 9.65. The molecule has 1 N–H and O–H groups in total. The van der Waals surface area contributed by atoms with Crippen LogP contribution in [0, 0.1) is 11.8 Å². The van der Waals surface area contributed by atoms with Crippen LogP contribution in [0.4, 0.5) is 0 Å². The third-order valence-corrected chi connectivity index (χ3v) is 3.56. The van der Waals surface area contributed by atoms with Crippen molar-refractivity contribution in [2.45, 2.75) is 19.3 Å². The number of aryl methyl sites for hydroxylation is 1. The molecule has 0 aliphatic heterocycles. The summed E-state index contributed by atoms with van der Waals surface area (Å²) in [6.07, 6.45) is 2.61. The van der Waals surface area contributed by atoms with Crippen molar-refractivity contribution in [1.29, 1.82) is 0 Å². The highest BCUT2D eigenvalue weighted by Gasteiger charge is 2.42. The van der Waals surface area contributed by atoms with Crippen molar-refractivity contribution in [2.75, 3.05) is 7.11 Å². The molecule has 2 atom stereocenters. The fourth-order valence-electron chi connectivity index (χ4n) is 2.09. The van der Waals surface area contributed by atoms with Crippen molar-refractivity contribution in [3.05, 3.63) is 28.8 Å². The molecule has 1 saturated carbocycles. The highest BCUT2D eigenvalue weighted by molar-refractivity contribution is 6.32. The zero-order valence-corrected chi connectivity index (χ0v) is 10.4. The van der Waals surface area contributed by atoms with Gasteiger partial charge in [0.15, 0.2) is 0 Å². The summed E-state index contributed by atoms with van der Waals surface area (Å²) in [5.74, 6) is 0.227. The Balaban J connectivity index is 1.88. The number of aliphatic carboxylic acids is 1. The first-order chi connectivity index (χ1) is 8.11. The van der Waals surface area contributed by atoms with Gasteiger partial charge in [0.2, 0.25) is 0 Å². The van der Waals surface area contributed by atoms with E-state index in [1.165, 1.54) is 0 Å². The lowest BCUT2D eigenvalue weighted by molar-refractivity contribution is -0.138. The monoisotopic (exact) mass is 254 g/mol. The summed E-state index contributed by atoms with van der Waals surface area (Å²) in [4.78, 5) is 10.7. The summed E-state index contributed by atoms with van der Waals surface area (Å²) in [6, 6.07) is 5.71. The second-order valence-corrected chi connectivity index (χ2v) is 4.86. The van der Waals surface area contributed by atoms with E-state index in [4.69, 9.17) is 21.4 Å². The van der Waals surface area contributed by atoms with Crippen molar-refractivity contribution < 1.29 is 14.6 Å². The Labute approximate surface area is 105 Å². The molecule has 17 heavy (non-hydrogen) atoms. The topological polar surface area (TPSA) is 46.5 Å². The van der Waals surface area contributed by atoms with Gasteiger partial charge in [-0.05, 0) is 42.9 Å². The van der Waals surface area contributed by atoms with Gasteiger partial charge in [-0.3, -0.25) is 4.79 Å². The fourth-order valence-corrected chi connectivity index (χ4v) is 2.37. The van der Waals surface area contributed by atoms with E-state index in [1.54, 1.807) is 7.11 Å². The molecule has 2 rings (SSSR count). The molecule has 1 aromatic carbocycles. The maximum Gasteiger partial charge on any atom is 0.306 e. The molecule has 3 nitrogen and oxygen atoms in total. The first-order valence-corrected chi connectivity index (χ1v) is 6.05. The lowest BCUT2D eigenvalue weighted by atomic mass is 10.1. The highest BCUT2D eigenvalue weighted by Crippen LogP contribution is 2.42. The van der Waals surface area contributed by atoms with E-state index < -0.39 is 5.97 Å². The van der Waals surface area contributed by atoms with E-state index in [0.29, 0.717) is 16.7 Å². The van der Waals surface area contributed by atoms with Gasteiger partial charge >= 0.3 is 5.97 Å². The number of carboxylic acid groups (broad SMARTS) is 1. The third-order valence-electron chi connectivity index (χ3n) is 3.26. The number of carboxylic acids is 1. The molecule has 0 spiro atoms. The molecule has 1 aromatic rings. The van der Waals surface area contributed by atoms with E-state index in [2.05, 4.69) is 0 Å². The van der Waals surface area contributed by atoms with Gasteiger partial charge < -0.3 is 9.84 Å². The van der Waals surface area contributed by atoms with Crippen LogP contribution in [-0.4, -0.2) is 18.2 Å². The second-order valence-electron chi connectivity index (χ2n) is 4.45. The molecule has 0 heterocycles. The largest absolute Gasteiger partial charge is 0.495 e. The van der Waals surface area contributed by atoms with Crippen LogP contribution >= 0.6 is 11.6 Å². The van der Waals surface area contributed by atoms with E-state index in [-0.39, 0.29) is 5.92 Å². The number of carbonyl (C=O) groups is 1. The van der Waals surface area contributed by atoms with Gasteiger partial charge in [-0.15, -0.1) is 0 Å². The average Bonchev–Trinajstić information content (AvgIpc) is 3.06. The Kier molecular flexibility index (Phi) is 3.57. The SMILES string of the molecule is COc1ccc(CCC2CC2C(=O)O)cc1Cl. The van der Waals surface area contributed by atoms with Crippen molar-refractivity contribution in [3.63, 3.8) is 0 Å². The molecule has 0 aromatic heterocycles. The molecule has 0 bridgehead atoms. The van der Waals surface area contributed by atoms with Crippen LogP contribution < -0.4 is 4.74 Å². The van der Waals surface area contributed by atoms with Gasteiger partial charge in [0.1, 0.15) is 5.75 Å². The average molecular weight is 255 g/mol. The standard InChI is InChI=1S/C13H15ClO3/c1-17-12-5-3-8(6-11(12)14)2-4-9-7-10(9)13(15)16/h3,5-6,9-10H,2,4,7H2,1H3,(H,15,16). The summed E-state index contributed by atoms with van der Waals surface area (Å²) < 4.78 is 5.08. The molecule has 0 amide bonds. The Morgan fingerprint density at radius 2 is 2.35 bits per heavy atom. The number of halogens is 1. The minimum Gasteiger partial charge on any atom is -0.495 e. The third kappa shape index (κ3) is 2.91. The Bertz CT molecular complexity index is 431. The molecule has 1 fully saturated rings. The van der Waals surface area contributed by atoms with Crippen molar-refractivity contribution in [3.8, 4) is 5.75 Å². The molecule has 1 aliphatic rings. The van der Waals surface area contributed by atoms with Gasteiger partial charge in [0, 0.05) is 0 Å². The van der Waals surface area contributed by atoms with Crippen LogP contribution in [0.5, 0.6) is 5.75 Å². The molecule has 0 radical (unpaired) electrons. The molecule has 0 saturated heterocycles. The summed E-state index contributed by atoms with van der Waals surface area (Å²) >= 11 is 6.02. The van der Waals surface area contributed by atoms with Crippen LogP contribution in [0.2, 0.25) is 5.02 Å². The molecular formula is C13H15ClO3. The Morgan fingerprint density at radius 1 is 1.59 bits per heavy atom. The lowest BCUT2D eigenvalue weighted by Crippen LogP contribution is -2.00. The second kappa shape index (κ2) is 4.96. The van der Waals surface area contributed by atoms with Gasteiger partial charge in [0.05, 0.1) is 18.1 Å².